The summed E-state index contributed by atoms with van der Waals surface area (Å²) >= 11 is 0. The van der Waals surface area contributed by atoms with Gasteiger partial charge in [-0.15, -0.1) is 0 Å². The number of anilines is 6. The molecule has 3 aliphatic rings. The maximum Gasteiger partial charge on any atom is 0.253 e. The lowest BCUT2D eigenvalue weighted by Gasteiger charge is -2.44. The molecule has 0 radical (unpaired) electrons. The number of hydrogen-bond acceptors (Lipinski definition) is 3. The van der Waals surface area contributed by atoms with Gasteiger partial charge in [0.25, 0.3) is 6.71 Å². The highest BCUT2D eigenvalue weighted by molar-refractivity contribution is 7.02. The van der Waals surface area contributed by atoms with E-state index in [2.05, 4.69) is 149 Å². The lowest BCUT2D eigenvalue weighted by molar-refractivity contribution is 1.25. The van der Waals surface area contributed by atoms with Gasteiger partial charge in [-0.1, -0.05) is 84.9 Å². The maximum atomic E-state index is 10.3. The van der Waals surface area contributed by atoms with Crippen LogP contribution >= 0.6 is 0 Å². The fourth-order valence-corrected chi connectivity index (χ4v) is 7.28. The zero-order valence-electron chi connectivity index (χ0n) is 22.1. The van der Waals surface area contributed by atoms with Crippen LogP contribution in [0, 0.1) is 11.3 Å². The summed E-state index contributed by atoms with van der Waals surface area (Å²) in [7, 11) is 0. The Morgan fingerprint density at radius 1 is 0.439 bits per heavy atom. The van der Waals surface area contributed by atoms with Gasteiger partial charge in [-0.2, -0.15) is 5.26 Å². The van der Waals surface area contributed by atoms with Crippen LogP contribution in [0.4, 0.5) is 34.1 Å². The standard InChI is InChI=1S/C37H22BN3/c39-23-24-21-33-37-34(22-24)41(26-13-5-2-6-14-26)32-20-10-18-30-28-16-8-7-15-27(28)29-17-9-19-31(35(29)38(37)36(30)32)40(33)25-11-3-1-4-12-25/h1-22H. The molecule has 0 N–H and O–H groups in total. The first kappa shape index (κ1) is 22.3. The number of benzene rings is 6. The summed E-state index contributed by atoms with van der Waals surface area (Å²) in [5.41, 5.74) is 16.2. The Morgan fingerprint density at radius 2 is 0.878 bits per heavy atom. The second-order valence-electron chi connectivity index (χ2n) is 10.8. The van der Waals surface area contributed by atoms with E-state index < -0.39 is 0 Å². The summed E-state index contributed by atoms with van der Waals surface area (Å²) < 4.78 is 0. The van der Waals surface area contributed by atoms with Crippen LogP contribution in [0.1, 0.15) is 5.56 Å². The average molecular weight is 519 g/mol. The number of fused-ring (bicyclic) bond motifs is 3. The smallest absolute Gasteiger partial charge is 0.253 e. The summed E-state index contributed by atoms with van der Waals surface area (Å²) in [4.78, 5) is 4.72. The molecule has 41 heavy (non-hydrogen) atoms. The van der Waals surface area contributed by atoms with Gasteiger partial charge in [-0.3, -0.25) is 0 Å². The summed E-state index contributed by atoms with van der Waals surface area (Å²) in [6, 6.07) is 50.0. The van der Waals surface area contributed by atoms with Gasteiger partial charge in [0.05, 0.1) is 11.6 Å². The molecule has 0 bridgehead atoms. The molecule has 4 heteroatoms. The second-order valence-corrected chi connectivity index (χ2v) is 10.8. The molecular weight excluding hydrogens is 497 g/mol. The fraction of sp³-hybridized carbons (Fsp3) is 0. The van der Waals surface area contributed by atoms with E-state index in [1.165, 1.54) is 38.6 Å². The van der Waals surface area contributed by atoms with Gasteiger partial charge >= 0.3 is 0 Å². The molecule has 3 heterocycles. The zero-order valence-corrected chi connectivity index (χ0v) is 22.1. The SMILES string of the molecule is N#Cc1cc2c3c(c1)N(c1ccccc1)c1cccc4c1B3c1c(cccc1N2c1ccccc1)-c1ccccc1-4. The van der Waals surface area contributed by atoms with Crippen LogP contribution in [0.3, 0.4) is 0 Å². The van der Waals surface area contributed by atoms with E-state index in [0.29, 0.717) is 5.56 Å². The van der Waals surface area contributed by atoms with Crippen molar-refractivity contribution in [2.24, 2.45) is 0 Å². The van der Waals surface area contributed by atoms with E-state index in [4.69, 9.17) is 0 Å². The largest absolute Gasteiger partial charge is 0.311 e. The summed E-state index contributed by atoms with van der Waals surface area (Å²) in [6.45, 7) is 0.0254. The normalized spacial score (nSPS) is 13.2. The van der Waals surface area contributed by atoms with E-state index in [9.17, 15) is 5.26 Å². The van der Waals surface area contributed by atoms with Crippen molar-refractivity contribution in [1.82, 2.24) is 0 Å². The predicted octanol–water partition coefficient (Wildman–Crippen LogP) is 7.29. The van der Waals surface area contributed by atoms with Crippen molar-refractivity contribution >= 4 is 57.2 Å². The summed E-state index contributed by atoms with van der Waals surface area (Å²) in [6.07, 6.45) is 0. The first-order valence-electron chi connectivity index (χ1n) is 14.0. The van der Waals surface area contributed by atoms with Gasteiger partial charge in [0, 0.05) is 34.1 Å². The molecule has 0 amide bonds. The monoisotopic (exact) mass is 519 g/mol. The van der Waals surface area contributed by atoms with Gasteiger partial charge in [0.1, 0.15) is 0 Å². The lowest BCUT2D eigenvalue weighted by Crippen LogP contribution is -2.62. The molecule has 9 rings (SSSR count). The quantitative estimate of drug-likeness (QED) is 0.225. The van der Waals surface area contributed by atoms with Crippen molar-refractivity contribution in [2.75, 3.05) is 9.80 Å². The molecule has 0 aliphatic carbocycles. The van der Waals surface area contributed by atoms with Crippen molar-refractivity contribution in [3.05, 3.63) is 139 Å². The van der Waals surface area contributed by atoms with E-state index >= 15 is 0 Å². The van der Waals surface area contributed by atoms with E-state index in [1.54, 1.807) is 0 Å². The van der Waals surface area contributed by atoms with E-state index in [1.807, 2.05) is 0 Å². The molecule has 0 spiro atoms. The highest BCUT2D eigenvalue weighted by Crippen LogP contribution is 2.48. The minimum absolute atomic E-state index is 0.0254. The first-order chi connectivity index (χ1) is 20.3. The Kier molecular flexibility index (Phi) is 4.48. The van der Waals surface area contributed by atoms with E-state index in [-0.39, 0.29) is 6.71 Å². The summed E-state index contributed by atoms with van der Waals surface area (Å²) in [5.74, 6) is 0. The molecule has 3 nitrogen and oxygen atoms in total. The molecule has 0 fully saturated rings. The Morgan fingerprint density at radius 3 is 1.34 bits per heavy atom. The number of hydrogen-bond donors (Lipinski definition) is 0. The Labute approximate surface area is 239 Å². The van der Waals surface area contributed by atoms with Crippen molar-refractivity contribution in [3.8, 4) is 28.3 Å². The fourth-order valence-electron chi connectivity index (χ4n) is 7.28. The highest BCUT2D eigenvalue weighted by atomic mass is 15.2. The van der Waals surface area contributed by atoms with Crippen LogP contribution < -0.4 is 26.2 Å². The third kappa shape index (κ3) is 2.93. The first-order valence-corrected chi connectivity index (χ1v) is 14.0. The number of para-hydroxylation sites is 2. The molecule has 6 aromatic rings. The Hall–Kier alpha value is -5.53. The molecule has 6 aromatic carbocycles. The molecule has 0 unspecified atom stereocenters. The Bertz CT molecular complexity index is 1940. The minimum Gasteiger partial charge on any atom is -0.311 e. The number of rotatable bonds is 2. The van der Waals surface area contributed by atoms with Crippen LogP contribution in [0.25, 0.3) is 22.3 Å². The van der Waals surface area contributed by atoms with E-state index in [0.717, 1.165) is 34.1 Å². The maximum absolute atomic E-state index is 10.3. The zero-order chi connectivity index (χ0) is 27.1. The van der Waals surface area contributed by atoms with Crippen molar-refractivity contribution in [2.45, 2.75) is 0 Å². The van der Waals surface area contributed by atoms with Gasteiger partial charge in [0.15, 0.2) is 0 Å². The third-order valence-corrected chi connectivity index (χ3v) is 8.80. The van der Waals surface area contributed by atoms with Crippen LogP contribution in [0.2, 0.25) is 0 Å². The highest BCUT2D eigenvalue weighted by Gasteiger charge is 2.47. The molecule has 0 saturated carbocycles. The third-order valence-electron chi connectivity index (χ3n) is 8.80. The topological polar surface area (TPSA) is 30.3 Å². The van der Waals surface area contributed by atoms with Crippen LogP contribution in [0.15, 0.2) is 133 Å². The molecular formula is C37H22BN3. The molecule has 3 aliphatic heterocycles. The molecule has 0 aromatic heterocycles. The summed E-state index contributed by atoms with van der Waals surface area (Å²) in [5, 5.41) is 10.3. The predicted molar refractivity (Wildman–Crippen MR) is 170 cm³/mol. The average Bonchev–Trinajstić information content (AvgIpc) is 3.17. The van der Waals surface area contributed by atoms with Gasteiger partial charge < -0.3 is 9.80 Å². The van der Waals surface area contributed by atoms with Crippen LogP contribution in [-0.4, -0.2) is 6.71 Å². The van der Waals surface area contributed by atoms with Gasteiger partial charge in [-0.05, 0) is 87.2 Å². The van der Waals surface area contributed by atoms with Crippen molar-refractivity contribution in [3.63, 3.8) is 0 Å². The second kappa shape index (κ2) is 8.24. The number of nitrogens with zero attached hydrogens (tertiary/aromatic N) is 3. The van der Waals surface area contributed by atoms with Crippen molar-refractivity contribution in [1.29, 1.82) is 5.26 Å². The van der Waals surface area contributed by atoms with Crippen LogP contribution in [-0.2, 0) is 0 Å². The number of nitriles is 1. The lowest BCUT2D eigenvalue weighted by atomic mass is 9.32. The molecule has 188 valence electrons. The molecule has 0 atom stereocenters. The van der Waals surface area contributed by atoms with Crippen molar-refractivity contribution < 1.29 is 0 Å². The minimum atomic E-state index is 0.0254. The Balaban J connectivity index is 1.51. The van der Waals surface area contributed by atoms with Gasteiger partial charge in [0.2, 0.25) is 0 Å². The van der Waals surface area contributed by atoms with Gasteiger partial charge in [-0.25, -0.2) is 0 Å². The molecule has 0 saturated heterocycles. The van der Waals surface area contributed by atoms with Crippen LogP contribution in [0.5, 0.6) is 0 Å².